The first kappa shape index (κ1) is 12.4. The SMILES string of the molecule is Cc1cc(Cl)ccc1N1C[C@@H](C(=O)Cl)CC1=O. The Morgan fingerprint density at radius 1 is 1.47 bits per heavy atom. The van der Waals surface area contributed by atoms with E-state index in [1.165, 1.54) is 0 Å². The number of carbonyl (C=O) groups is 2. The number of anilines is 1. The summed E-state index contributed by atoms with van der Waals surface area (Å²) >= 11 is 11.3. The second-order valence-electron chi connectivity index (χ2n) is 4.14. The van der Waals surface area contributed by atoms with Crippen LogP contribution in [-0.4, -0.2) is 17.7 Å². The van der Waals surface area contributed by atoms with Crippen LogP contribution in [0.1, 0.15) is 12.0 Å². The van der Waals surface area contributed by atoms with E-state index >= 15 is 0 Å². The van der Waals surface area contributed by atoms with Crippen LogP contribution in [0.5, 0.6) is 0 Å². The summed E-state index contributed by atoms with van der Waals surface area (Å²) in [7, 11) is 0. The number of aryl methyl sites for hydroxylation is 1. The fourth-order valence-electron chi connectivity index (χ4n) is 2.01. The fourth-order valence-corrected chi connectivity index (χ4v) is 2.39. The van der Waals surface area contributed by atoms with Crippen LogP contribution >= 0.6 is 23.2 Å². The summed E-state index contributed by atoms with van der Waals surface area (Å²) in [5.41, 5.74) is 1.70. The molecule has 1 atom stereocenters. The van der Waals surface area contributed by atoms with E-state index in [-0.39, 0.29) is 12.3 Å². The molecule has 3 nitrogen and oxygen atoms in total. The third-order valence-electron chi connectivity index (χ3n) is 2.90. The average molecular weight is 272 g/mol. The van der Waals surface area contributed by atoms with Crippen molar-refractivity contribution in [2.75, 3.05) is 11.4 Å². The van der Waals surface area contributed by atoms with Crippen molar-refractivity contribution in [1.82, 2.24) is 0 Å². The molecule has 2 rings (SSSR count). The van der Waals surface area contributed by atoms with Gasteiger partial charge in [0.05, 0.1) is 5.92 Å². The van der Waals surface area contributed by atoms with Gasteiger partial charge < -0.3 is 4.90 Å². The number of benzene rings is 1. The van der Waals surface area contributed by atoms with E-state index in [1.54, 1.807) is 23.1 Å². The number of hydrogen-bond donors (Lipinski definition) is 0. The Bertz CT molecular complexity index is 487. The second kappa shape index (κ2) is 4.67. The van der Waals surface area contributed by atoms with Crippen molar-refractivity contribution < 1.29 is 9.59 Å². The quantitative estimate of drug-likeness (QED) is 0.776. The first-order chi connectivity index (χ1) is 7.99. The summed E-state index contributed by atoms with van der Waals surface area (Å²) in [5, 5.41) is 0.176. The van der Waals surface area contributed by atoms with Crippen LogP contribution in [0.2, 0.25) is 5.02 Å². The van der Waals surface area contributed by atoms with Gasteiger partial charge in [0.15, 0.2) is 0 Å². The Morgan fingerprint density at radius 2 is 2.18 bits per heavy atom. The molecule has 1 fully saturated rings. The molecule has 0 saturated carbocycles. The molecule has 1 aliphatic heterocycles. The molecule has 1 aromatic carbocycles. The topological polar surface area (TPSA) is 37.4 Å². The largest absolute Gasteiger partial charge is 0.311 e. The molecule has 1 heterocycles. The zero-order chi connectivity index (χ0) is 12.6. The average Bonchev–Trinajstić information content (AvgIpc) is 2.61. The molecule has 1 aromatic rings. The highest BCUT2D eigenvalue weighted by atomic mass is 35.5. The van der Waals surface area contributed by atoms with E-state index in [0.717, 1.165) is 11.3 Å². The van der Waals surface area contributed by atoms with Crippen LogP contribution in [0, 0.1) is 12.8 Å². The number of carbonyl (C=O) groups excluding carboxylic acids is 2. The minimum absolute atomic E-state index is 0.0746. The van der Waals surface area contributed by atoms with Gasteiger partial charge in [0.2, 0.25) is 11.1 Å². The van der Waals surface area contributed by atoms with Crippen molar-refractivity contribution in [3.05, 3.63) is 28.8 Å². The Balaban J connectivity index is 2.29. The van der Waals surface area contributed by atoms with Gasteiger partial charge in [0, 0.05) is 23.7 Å². The molecule has 17 heavy (non-hydrogen) atoms. The molecule has 0 spiro atoms. The van der Waals surface area contributed by atoms with Gasteiger partial charge in [-0.1, -0.05) is 11.6 Å². The lowest BCUT2D eigenvalue weighted by Gasteiger charge is -2.18. The molecule has 90 valence electrons. The third kappa shape index (κ3) is 2.45. The molecule has 1 aliphatic rings. The molecular weight excluding hydrogens is 261 g/mol. The Kier molecular flexibility index (Phi) is 3.40. The van der Waals surface area contributed by atoms with E-state index < -0.39 is 11.2 Å². The third-order valence-corrected chi connectivity index (χ3v) is 3.44. The van der Waals surface area contributed by atoms with Crippen molar-refractivity contribution in [3.63, 3.8) is 0 Å². The van der Waals surface area contributed by atoms with Crippen LogP contribution in [0.3, 0.4) is 0 Å². The maximum Gasteiger partial charge on any atom is 0.227 e. The van der Waals surface area contributed by atoms with Gasteiger partial charge in [0.1, 0.15) is 0 Å². The van der Waals surface area contributed by atoms with Gasteiger partial charge in [-0.05, 0) is 42.3 Å². The highest BCUT2D eigenvalue weighted by molar-refractivity contribution is 6.64. The van der Waals surface area contributed by atoms with Crippen molar-refractivity contribution in [2.45, 2.75) is 13.3 Å². The molecule has 0 unspecified atom stereocenters. The van der Waals surface area contributed by atoms with Gasteiger partial charge in [-0.15, -0.1) is 0 Å². The van der Waals surface area contributed by atoms with E-state index in [9.17, 15) is 9.59 Å². The fraction of sp³-hybridized carbons (Fsp3) is 0.333. The lowest BCUT2D eigenvalue weighted by molar-refractivity contribution is -0.120. The van der Waals surface area contributed by atoms with Gasteiger partial charge in [-0.2, -0.15) is 0 Å². The lowest BCUT2D eigenvalue weighted by Crippen LogP contribution is -2.25. The minimum Gasteiger partial charge on any atom is -0.311 e. The molecule has 1 amide bonds. The van der Waals surface area contributed by atoms with Gasteiger partial charge in [0.25, 0.3) is 0 Å². The molecule has 0 bridgehead atoms. The monoisotopic (exact) mass is 271 g/mol. The van der Waals surface area contributed by atoms with E-state index in [2.05, 4.69) is 0 Å². The molecule has 1 saturated heterocycles. The van der Waals surface area contributed by atoms with Gasteiger partial charge in [-0.25, -0.2) is 0 Å². The number of rotatable bonds is 2. The normalized spacial score (nSPS) is 19.8. The molecule has 5 heteroatoms. The van der Waals surface area contributed by atoms with Crippen LogP contribution in [0.4, 0.5) is 5.69 Å². The van der Waals surface area contributed by atoms with Crippen LogP contribution in [0.25, 0.3) is 0 Å². The zero-order valence-corrected chi connectivity index (χ0v) is 10.8. The standard InChI is InChI=1S/C12H11Cl2NO2/c1-7-4-9(13)2-3-10(7)15-6-8(12(14)17)5-11(15)16/h2-4,8H,5-6H2,1H3/t8-/m0/s1. The van der Waals surface area contributed by atoms with Crippen LogP contribution in [0.15, 0.2) is 18.2 Å². The summed E-state index contributed by atoms with van der Waals surface area (Å²) in [6.07, 6.45) is 0.185. The summed E-state index contributed by atoms with van der Waals surface area (Å²) in [4.78, 5) is 24.5. The molecule has 0 aromatic heterocycles. The summed E-state index contributed by atoms with van der Waals surface area (Å²) in [5.74, 6) is -0.478. The van der Waals surface area contributed by atoms with Crippen molar-refractivity contribution >= 4 is 40.0 Å². The number of amides is 1. The number of nitrogens with zero attached hydrogens (tertiary/aromatic N) is 1. The highest BCUT2D eigenvalue weighted by Gasteiger charge is 2.34. The van der Waals surface area contributed by atoms with Crippen LogP contribution in [-0.2, 0) is 9.59 Å². The first-order valence-corrected chi connectivity index (χ1v) is 6.00. The smallest absolute Gasteiger partial charge is 0.227 e. The molecular formula is C12H11Cl2NO2. The summed E-state index contributed by atoms with van der Waals surface area (Å²) < 4.78 is 0. The van der Waals surface area contributed by atoms with Crippen molar-refractivity contribution in [3.8, 4) is 0 Å². The van der Waals surface area contributed by atoms with Gasteiger partial charge in [-0.3, -0.25) is 9.59 Å². The predicted octanol–water partition coefficient (Wildman–Crippen LogP) is 2.77. The Hall–Kier alpha value is -1.06. The maximum atomic E-state index is 11.8. The highest BCUT2D eigenvalue weighted by Crippen LogP contribution is 2.30. The molecule has 0 N–H and O–H groups in total. The molecule has 0 aliphatic carbocycles. The predicted molar refractivity (Wildman–Crippen MR) is 67.5 cm³/mol. The van der Waals surface area contributed by atoms with Crippen molar-refractivity contribution in [2.24, 2.45) is 5.92 Å². The summed E-state index contributed by atoms with van der Waals surface area (Å²) in [6.45, 7) is 2.23. The maximum absolute atomic E-state index is 11.8. The van der Waals surface area contributed by atoms with E-state index in [0.29, 0.717) is 11.6 Å². The second-order valence-corrected chi connectivity index (χ2v) is 4.95. The van der Waals surface area contributed by atoms with E-state index in [4.69, 9.17) is 23.2 Å². The first-order valence-electron chi connectivity index (χ1n) is 5.25. The van der Waals surface area contributed by atoms with Gasteiger partial charge >= 0.3 is 0 Å². The number of halogens is 2. The number of hydrogen-bond acceptors (Lipinski definition) is 2. The van der Waals surface area contributed by atoms with Crippen LogP contribution < -0.4 is 4.90 Å². The zero-order valence-electron chi connectivity index (χ0n) is 9.24. The van der Waals surface area contributed by atoms with E-state index in [1.807, 2.05) is 6.92 Å². The Morgan fingerprint density at radius 3 is 2.71 bits per heavy atom. The minimum atomic E-state index is -0.451. The van der Waals surface area contributed by atoms with Crippen molar-refractivity contribution in [1.29, 1.82) is 0 Å². The lowest BCUT2D eigenvalue weighted by atomic mass is 10.1. The summed E-state index contributed by atoms with van der Waals surface area (Å²) in [6, 6.07) is 5.31. The Labute approximate surface area is 109 Å². The molecule has 0 radical (unpaired) electrons.